The molecule has 3 saturated heterocycles. The zero-order chi connectivity index (χ0) is 49.5. The largest absolute Gasteiger partial charge is 0.489 e. The number of likely N-dealkylation sites (tertiary alicyclic amines) is 1. The van der Waals surface area contributed by atoms with E-state index in [4.69, 9.17) is 25.8 Å². The summed E-state index contributed by atoms with van der Waals surface area (Å²) in [6.45, 7) is 18.2. The lowest BCUT2D eigenvalue weighted by Crippen LogP contribution is -2.75. The van der Waals surface area contributed by atoms with E-state index in [9.17, 15) is 23.3 Å². The fraction of sp³-hybridized carbons (Fsp3) is 0.566. The minimum Gasteiger partial charge on any atom is -0.489 e. The van der Waals surface area contributed by atoms with Crippen LogP contribution in [0.25, 0.3) is 5.57 Å². The monoisotopic (exact) mass is 983 g/mol. The van der Waals surface area contributed by atoms with Crippen LogP contribution in [-0.2, 0) is 25.2 Å². The highest BCUT2D eigenvalue weighted by Gasteiger charge is 2.64. The van der Waals surface area contributed by atoms with Crippen molar-refractivity contribution in [2.24, 2.45) is 28.6 Å². The number of hydrogen-bond acceptors (Lipinski definition) is 12. The van der Waals surface area contributed by atoms with E-state index in [1.165, 1.54) is 0 Å². The first kappa shape index (κ1) is 50.7. The lowest BCUT2D eigenvalue weighted by Gasteiger charge is -2.63. The Kier molecular flexibility index (Phi) is 14.8. The standard InChI is InChI=1S/C53H70ClN7O7S/c1-9-69(64,65)32-34-13-16-44(41(25-34)42-31-60(8)47(63)45-40(42)18-22-56-45)66-37-11-10-12-39(26-37)68-51(2,3)21-17-33-19-23-61(24-20-33)50-57-29-36(30-58-50)46(62)59-48-52(4,5)49(53(48,6)7)67-38-15-14-35(28-55)43(54)27-38/h10-16,25-27,31,33,36,40,45,48-50,56-58H,9,17-24,29-30,32H2,1-8H3,(H,59,62). The Labute approximate surface area is 413 Å². The van der Waals surface area contributed by atoms with Gasteiger partial charge in [-0.3, -0.25) is 25.1 Å². The van der Waals surface area contributed by atoms with Crippen LogP contribution in [0.2, 0.25) is 5.02 Å². The smallest absolute Gasteiger partial charge is 0.244 e. The molecule has 0 spiro atoms. The van der Waals surface area contributed by atoms with Gasteiger partial charge in [-0.2, -0.15) is 5.26 Å². The van der Waals surface area contributed by atoms with Crippen LogP contribution in [0.3, 0.4) is 0 Å². The molecular formula is C53H70ClN7O7S. The molecular weight excluding hydrogens is 914 g/mol. The fourth-order valence-corrected chi connectivity index (χ4v) is 12.7. The van der Waals surface area contributed by atoms with Gasteiger partial charge < -0.3 is 29.7 Å². The minimum absolute atomic E-state index is 0.0191. The van der Waals surface area contributed by atoms with Crippen LogP contribution < -0.4 is 35.5 Å². The van der Waals surface area contributed by atoms with Gasteiger partial charge in [0.25, 0.3) is 0 Å². The lowest BCUT2D eigenvalue weighted by atomic mass is 9.49. The SMILES string of the molecule is CCS(=O)(=O)Cc1ccc(Oc2cccc(OC(C)(C)CCC3CCN(C4NCC(C(=O)NC5C(C)(C)C(Oc6ccc(C#N)c(Cl)c6)C5(C)C)CN4)CC3)c2)c(C2=CN(C)C(=O)C3NCCC23)c1. The molecule has 1 saturated carbocycles. The number of fused-ring (bicyclic) bond motifs is 1. The molecule has 4 N–H and O–H groups in total. The van der Waals surface area contributed by atoms with E-state index in [0.29, 0.717) is 58.2 Å². The summed E-state index contributed by atoms with van der Waals surface area (Å²) in [5, 5.41) is 23.6. The maximum atomic E-state index is 13.7. The summed E-state index contributed by atoms with van der Waals surface area (Å²) in [5.41, 5.74) is 1.72. The van der Waals surface area contributed by atoms with Gasteiger partial charge in [0.1, 0.15) is 47.1 Å². The van der Waals surface area contributed by atoms with Crippen LogP contribution in [0.15, 0.2) is 66.9 Å². The number of rotatable bonds is 16. The summed E-state index contributed by atoms with van der Waals surface area (Å²) < 4.78 is 45.0. The molecule has 0 bridgehead atoms. The number of halogens is 1. The van der Waals surface area contributed by atoms with E-state index in [1.54, 1.807) is 37.1 Å². The average molecular weight is 985 g/mol. The molecule has 1 aliphatic carbocycles. The number of carbonyl (C=O) groups is 2. The minimum atomic E-state index is -3.27. The summed E-state index contributed by atoms with van der Waals surface area (Å²) in [5.74, 6) is 2.86. The Morgan fingerprint density at radius 1 is 0.957 bits per heavy atom. The van der Waals surface area contributed by atoms with Crippen LogP contribution in [-0.4, -0.2) is 106 Å². The highest BCUT2D eigenvalue weighted by molar-refractivity contribution is 7.90. The van der Waals surface area contributed by atoms with Gasteiger partial charge in [-0.15, -0.1) is 0 Å². The Morgan fingerprint density at radius 3 is 2.35 bits per heavy atom. The molecule has 5 aliphatic rings. The molecule has 0 radical (unpaired) electrons. The number of hydrogen-bond donors (Lipinski definition) is 4. The van der Waals surface area contributed by atoms with Crippen molar-refractivity contribution in [2.45, 2.75) is 116 Å². The first-order valence-corrected chi connectivity index (χ1v) is 26.8. The maximum absolute atomic E-state index is 13.7. The summed E-state index contributed by atoms with van der Waals surface area (Å²) in [4.78, 5) is 30.8. The Bertz CT molecular complexity index is 2560. The Hall–Kier alpha value is -4.69. The normalized spacial score (nSPS) is 26.0. The summed E-state index contributed by atoms with van der Waals surface area (Å²) in [6.07, 6.45) is 6.60. The van der Waals surface area contributed by atoms with Gasteiger partial charge in [-0.25, -0.2) is 8.42 Å². The third-order valence-electron chi connectivity index (χ3n) is 15.3. The summed E-state index contributed by atoms with van der Waals surface area (Å²) in [7, 11) is -1.52. The number of nitrogens with one attached hydrogen (secondary N) is 4. The van der Waals surface area contributed by atoms with E-state index >= 15 is 0 Å². The van der Waals surface area contributed by atoms with Crippen molar-refractivity contribution in [3.05, 3.63) is 88.6 Å². The predicted octanol–water partition coefficient (Wildman–Crippen LogP) is 7.47. The highest BCUT2D eigenvalue weighted by atomic mass is 35.5. The van der Waals surface area contributed by atoms with E-state index < -0.39 is 15.4 Å². The molecule has 372 valence electrons. The van der Waals surface area contributed by atoms with E-state index in [0.717, 1.165) is 62.9 Å². The maximum Gasteiger partial charge on any atom is 0.244 e. The molecule has 69 heavy (non-hydrogen) atoms. The quantitative estimate of drug-likeness (QED) is 0.112. The molecule has 2 amide bonds. The van der Waals surface area contributed by atoms with E-state index in [2.05, 4.69) is 73.8 Å². The molecule has 4 heterocycles. The molecule has 3 aromatic rings. The number of nitrogens with zero attached hydrogens (tertiary/aromatic N) is 3. The molecule has 2 atom stereocenters. The first-order valence-electron chi connectivity index (χ1n) is 24.6. The second-order valence-corrected chi connectivity index (χ2v) is 24.3. The van der Waals surface area contributed by atoms with Gasteiger partial charge in [-0.05, 0) is 106 Å². The van der Waals surface area contributed by atoms with E-state index in [-0.39, 0.29) is 70.5 Å². The molecule has 4 aliphatic heterocycles. The van der Waals surface area contributed by atoms with Gasteiger partial charge in [-0.1, -0.05) is 58.4 Å². The second-order valence-electron chi connectivity index (χ2n) is 21.6. The van der Waals surface area contributed by atoms with Crippen molar-refractivity contribution >= 4 is 38.8 Å². The number of amides is 2. The van der Waals surface area contributed by atoms with Crippen molar-refractivity contribution < 1.29 is 32.2 Å². The average Bonchev–Trinajstić information content (AvgIpc) is 3.82. The highest BCUT2D eigenvalue weighted by Crippen LogP contribution is 2.56. The number of piperidine rings is 1. The van der Waals surface area contributed by atoms with Gasteiger partial charge >= 0.3 is 0 Å². The molecule has 3 aromatic carbocycles. The zero-order valence-corrected chi connectivity index (χ0v) is 42.9. The topological polar surface area (TPSA) is 174 Å². The molecule has 8 rings (SSSR count). The predicted molar refractivity (Wildman–Crippen MR) is 268 cm³/mol. The van der Waals surface area contributed by atoms with Crippen LogP contribution in [0.4, 0.5) is 0 Å². The molecule has 14 nitrogen and oxygen atoms in total. The molecule has 16 heteroatoms. The number of sulfone groups is 1. The third kappa shape index (κ3) is 11.1. The number of nitriles is 1. The van der Waals surface area contributed by atoms with Crippen LogP contribution >= 0.6 is 11.6 Å². The van der Waals surface area contributed by atoms with Crippen molar-refractivity contribution in [3.63, 3.8) is 0 Å². The molecule has 0 aromatic heterocycles. The lowest BCUT2D eigenvalue weighted by molar-refractivity contribution is -0.174. The van der Waals surface area contributed by atoms with Gasteiger partial charge in [0, 0.05) is 85.7 Å². The van der Waals surface area contributed by atoms with Gasteiger partial charge in [0.05, 0.1) is 28.3 Å². The number of ether oxygens (including phenoxy) is 3. The molecule has 2 unspecified atom stereocenters. The first-order chi connectivity index (χ1) is 32.7. The van der Waals surface area contributed by atoms with Crippen LogP contribution in [0, 0.1) is 39.9 Å². The van der Waals surface area contributed by atoms with Gasteiger partial charge in [0.2, 0.25) is 11.8 Å². The van der Waals surface area contributed by atoms with E-state index in [1.807, 2.05) is 48.7 Å². The zero-order valence-electron chi connectivity index (χ0n) is 41.4. The van der Waals surface area contributed by atoms with Crippen molar-refractivity contribution in [3.8, 4) is 29.1 Å². The van der Waals surface area contributed by atoms with Crippen molar-refractivity contribution in [1.29, 1.82) is 5.26 Å². The number of likely N-dealkylation sites (N-methyl/N-ethyl adjacent to an activating group) is 1. The van der Waals surface area contributed by atoms with Crippen LogP contribution in [0.1, 0.15) is 97.3 Å². The van der Waals surface area contributed by atoms with Crippen molar-refractivity contribution in [1.82, 2.24) is 31.1 Å². The Morgan fingerprint density at radius 2 is 1.67 bits per heavy atom. The van der Waals surface area contributed by atoms with Crippen molar-refractivity contribution in [2.75, 3.05) is 45.5 Å². The van der Waals surface area contributed by atoms with Crippen LogP contribution in [0.5, 0.6) is 23.0 Å². The third-order valence-corrected chi connectivity index (χ3v) is 17.2. The summed E-state index contributed by atoms with van der Waals surface area (Å²) in [6, 6.07) is 20.0. The summed E-state index contributed by atoms with van der Waals surface area (Å²) >= 11 is 6.28. The fourth-order valence-electron chi connectivity index (χ4n) is 11.6. The Balaban J connectivity index is 0.804. The number of benzene rings is 3. The van der Waals surface area contributed by atoms with Gasteiger partial charge in [0.15, 0.2) is 9.84 Å². The molecule has 4 fully saturated rings. The second kappa shape index (κ2) is 20.2. The number of carbonyl (C=O) groups excluding carboxylic acids is 2.